The van der Waals surface area contributed by atoms with Crippen LogP contribution >= 0.6 is 11.6 Å². The van der Waals surface area contributed by atoms with Crippen molar-refractivity contribution < 1.29 is 9.53 Å². The van der Waals surface area contributed by atoms with E-state index in [-0.39, 0.29) is 12.1 Å². The number of benzene rings is 1. The van der Waals surface area contributed by atoms with Crippen LogP contribution < -0.4 is 0 Å². The standard InChI is InChI=1S/C14H19ClO2/c1-3-5-6-13(4-2)17-14(16)11-7-9-12(15)10-8-11/h7-10,13H,3-6H2,1-2H3/t13-/m1/s1. The average Bonchev–Trinajstić information content (AvgIpc) is 2.35. The zero-order valence-corrected chi connectivity index (χ0v) is 11.2. The minimum atomic E-state index is -0.260. The summed E-state index contributed by atoms with van der Waals surface area (Å²) >= 11 is 5.77. The third-order valence-electron chi connectivity index (χ3n) is 2.69. The molecule has 0 fully saturated rings. The lowest BCUT2D eigenvalue weighted by atomic mass is 10.1. The van der Waals surface area contributed by atoms with Crippen LogP contribution in [0, 0.1) is 0 Å². The molecule has 0 saturated heterocycles. The predicted octanol–water partition coefficient (Wildman–Crippen LogP) is 4.47. The van der Waals surface area contributed by atoms with E-state index in [9.17, 15) is 4.79 Å². The summed E-state index contributed by atoms with van der Waals surface area (Å²) in [4.78, 5) is 11.8. The number of ether oxygens (including phenoxy) is 1. The number of hydrogen-bond acceptors (Lipinski definition) is 2. The van der Waals surface area contributed by atoms with Crippen molar-refractivity contribution in [3.05, 3.63) is 34.9 Å². The minimum Gasteiger partial charge on any atom is -0.459 e. The molecule has 0 bridgehead atoms. The van der Waals surface area contributed by atoms with Gasteiger partial charge in [-0.15, -0.1) is 0 Å². The number of esters is 1. The molecule has 1 rings (SSSR count). The summed E-state index contributed by atoms with van der Waals surface area (Å²) in [6, 6.07) is 6.78. The lowest BCUT2D eigenvalue weighted by Crippen LogP contribution is -2.17. The summed E-state index contributed by atoms with van der Waals surface area (Å²) in [5.41, 5.74) is 0.560. The smallest absolute Gasteiger partial charge is 0.338 e. The van der Waals surface area contributed by atoms with Gasteiger partial charge in [-0.3, -0.25) is 0 Å². The molecule has 94 valence electrons. The molecular formula is C14H19ClO2. The van der Waals surface area contributed by atoms with Crippen LogP contribution in [0.4, 0.5) is 0 Å². The Morgan fingerprint density at radius 3 is 2.47 bits per heavy atom. The second kappa shape index (κ2) is 7.33. The molecule has 3 heteroatoms. The zero-order chi connectivity index (χ0) is 12.7. The predicted molar refractivity (Wildman–Crippen MR) is 70.5 cm³/mol. The summed E-state index contributed by atoms with van der Waals surface area (Å²) in [5.74, 6) is -0.260. The summed E-state index contributed by atoms with van der Waals surface area (Å²) in [6.45, 7) is 4.17. The van der Waals surface area contributed by atoms with Crippen molar-refractivity contribution in [3.63, 3.8) is 0 Å². The molecule has 0 spiro atoms. The van der Waals surface area contributed by atoms with Crippen molar-refractivity contribution in [2.45, 2.75) is 45.6 Å². The van der Waals surface area contributed by atoms with Crippen LogP contribution in [0.2, 0.25) is 5.02 Å². The van der Waals surface area contributed by atoms with Gasteiger partial charge in [0.2, 0.25) is 0 Å². The van der Waals surface area contributed by atoms with Gasteiger partial charge in [-0.1, -0.05) is 38.3 Å². The number of hydrogen-bond donors (Lipinski definition) is 0. The van der Waals surface area contributed by atoms with E-state index in [0.29, 0.717) is 10.6 Å². The first kappa shape index (κ1) is 14.0. The van der Waals surface area contributed by atoms with Gasteiger partial charge in [0, 0.05) is 5.02 Å². The number of rotatable bonds is 6. The van der Waals surface area contributed by atoms with E-state index < -0.39 is 0 Å². The Balaban J connectivity index is 2.54. The van der Waals surface area contributed by atoms with E-state index in [1.54, 1.807) is 24.3 Å². The maximum absolute atomic E-state index is 11.8. The third-order valence-corrected chi connectivity index (χ3v) is 2.94. The van der Waals surface area contributed by atoms with E-state index >= 15 is 0 Å². The molecule has 17 heavy (non-hydrogen) atoms. The maximum atomic E-state index is 11.8. The molecule has 0 saturated carbocycles. The van der Waals surface area contributed by atoms with Crippen molar-refractivity contribution >= 4 is 17.6 Å². The van der Waals surface area contributed by atoms with Gasteiger partial charge in [0.1, 0.15) is 6.10 Å². The first-order chi connectivity index (χ1) is 8.17. The van der Waals surface area contributed by atoms with Crippen LogP contribution in [0.5, 0.6) is 0 Å². The summed E-state index contributed by atoms with van der Waals surface area (Å²) in [5, 5.41) is 0.625. The van der Waals surface area contributed by atoms with Crippen molar-refractivity contribution in [2.75, 3.05) is 0 Å². The number of unbranched alkanes of at least 4 members (excludes halogenated alkanes) is 1. The quantitative estimate of drug-likeness (QED) is 0.701. The molecule has 0 aliphatic rings. The fourth-order valence-electron chi connectivity index (χ4n) is 1.58. The van der Waals surface area contributed by atoms with Gasteiger partial charge in [0.15, 0.2) is 0 Å². The normalized spacial score (nSPS) is 12.2. The van der Waals surface area contributed by atoms with Crippen molar-refractivity contribution in [2.24, 2.45) is 0 Å². The van der Waals surface area contributed by atoms with E-state index in [1.165, 1.54) is 0 Å². The first-order valence-electron chi connectivity index (χ1n) is 6.14. The molecule has 0 unspecified atom stereocenters. The number of carbonyl (C=O) groups excluding carboxylic acids is 1. The Hall–Kier alpha value is -1.02. The average molecular weight is 255 g/mol. The monoisotopic (exact) mass is 254 g/mol. The fourth-order valence-corrected chi connectivity index (χ4v) is 1.71. The molecule has 0 heterocycles. The minimum absolute atomic E-state index is 0.0260. The SMILES string of the molecule is CCCC[C@@H](CC)OC(=O)c1ccc(Cl)cc1. The highest BCUT2D eigenvalue weighted by Crippen LogP contribution is 2.14. The van der Waals surface area contributed by atoms with Crippen molar-refractivity contribution in [1.82, 2.24) is 0 Å². The van der Waals surface area contributed by atoms with Gasteiger partial charge in [0.25, 0.3) is 0 Å². The van der Waals surface area contributed by atoms with Crippen LogP contribution in [0.1, 0.15) is 49.9 Å². The topological polar surface area (TPSA) is 26.3 Å². The highest BCUT2D eigenvalue weighted by atomic mass is 35.5. The highest BCUT2D eigenvalue weighted by Gasteiger charge is 2.13. The highest BCUT2D eigenvalue weighted by molar-refractivity contribution is 6.30. The molecular weight excluding hydrogens is 236 g/mol. The zero-order valence-electron chi connectivity index (χ0n) is 10.4. The summed E-state index contributed by atoms with van der Waals surface area (Å²) in [6.07, 6.45) is 4.03. The fraction of sp³-hybridized carbons (Fsp3) is 0.500. The van der Waals surface area contributed by atoms with Gasteiger partial charge in [-0.2, -0.15) is 0 Å². The molecule has 0 radical (unpaired) electrons. The van der Waals surface area contributed by atoms with Crippen molar-refractivity contribution in [1.29, 1.82) is 0 Å². The van der Waals surface area contributed by atoms with E-state index in [4.69, 9.17) is 16.3 Å². The van der Waals surface area contributed by atoms with Gasteiger partial charge < -0.3 is 4.74 Å². The Morgan fingerprint density at radius 1 is 1.29 bits per heavy atom. The molecule has 0 N–H and O–H groups in total. The molecule has 2 nitrogen and oxygen atoms in total. The molecule has 1 atom stereocenters. The molecule has 0 aliphatic heterocycles. The van der Waals surface area contributed by atoms with Crippen molar-refractivity contribution in [3.8, 4) is 0 Å². The van der Waals surface area contributed by atoms with Gasteiger partial charge in [-0.05, 0) is 37.1 Å². The number of halogens is 1. The summed E-state index contributed by atoms with van der Waals surface area (Å²) in [7, 11) is 0. The Kier molecular flexibility index (Phi) is 6.06. The van der Waals surface area contributed by atoms with Crippen LogP contribution in [-0.4, -0.2) is 12.1 Å². The Labute approximate surface area is 108 Å². The van der Waals surface area contributed by atoms with E-state index in [0.717, 1.165) is 25.7 Å². The second-order valence-corrected chi connectivity index (χ2v) is 4.52. The molecule has 0 aromatic heterocycles. The van der Waals surface area contributed by atoms with Crippen LogP contribution in [-0.2, 0) is 4.74 Å². The van der Waals surface area contributed by atoms with Gasteiger partial charge in [0.05, 0.1) is 5.56 Å². The molecule has 1 aromatic carbocycles. The Morgan fingerprint density at radius 2 is 1.94 bits per heavy atom. The van der Waals surface area contributed by atoms with Gasteiger partial charge in [-0.25, -0.2) is 4.79 Å². The van der Waals surface area contributed by atoms with E-state index in [1.807, 2.05) is 6.92 Å². The van der Waals surface area contributed by atoms with Gasteiger partial charge >= 0.3 is 5.97 Å². The second-order valence-electron chi connectivity index (χ2n) is 4.08. The maximum Gasteiger partial charge on any atom is 0.338 e. The number of carbonyl (C=O) groups is 1. The lowest BCUT2D eigenvalue weighted by Gasteiger charge is -2.15. The third kappa shape index (κ3) is 4.78. The molecule has 0 aliphatic carbocycles. The van der Waals surface area contributed by atoms with Crippen LogP contribution in [0.25, 0.3) is 0 Å². The van der Waals surface area contributed by atoms with Crippen LogP contribution in [0.3, 0.4) is 0 Å². The lowest BCUT2D eigenvalue weighted by molar-refractivity contribution is 0.0268. The summed E-state index contributed by atoms with van der Waals surface area (Å²) < 4.78 is 5.45. The molecule has 1 aromatic rings. The largest absolute Gasteiger partial charge is 0.459 e. The molecule has 0 amide bonds. The first-order valence-corrected chi connectivity index (χ1v) is 6.51. The van der Waals surface area contributed by atoms with Crippen LogP contribution in [0.15, 0.2) is 24.3 Å². The Bertz CT molecular complexity index is 346. The van der Waals surface area contributed by atoms with E-state index in [2.05, 4.69) is 6.92 Å².